The number of phosphoric acid groups is 1. The number of nitrogens with two attached hydrogens (primary N) is 1. The van der Waals surface area contributed by atoms with E-state index in [1.165, 1.54) is 0 Å². The van der Waals surface area contributed by atoms with Crippen LogP contribution in [-0.2, 0) is 13.6 Å². The lowest BCUT2D eigenvalue weighted by molar-refractivity contribution is -0.873. The van der Waals surface area contributed by atoms with Crippen LogP contribution < -0.4 is 5.73 Å². The highest BCUT2D eigenvalue weighted by Crippen LogP contribution is 2.44. The van der Waals surface area contributed by atoms with E-state index in [0.29, 0.717) is 11.0 Å². The van der Waals surface area contributed by atoms with Gasteiger partial charge in [0.2, 0.25) is 0 Å². The molecule has 0 radical (unpaired) electrons. The van der Waals surface area contributed by atoms with Crippen LogP contribution in [0.2, 0.25) is 0 Å². The fraction of sp³-hybridized carbons (Fsp3) is 1.00. The van der Waals surface area contributed by atoms with E-state index in [-0.39, 0.29) is 0 Å². The number of rotatable bonds is 8. The van der Waals surface area contributed by atoms with Crippen LogP contribution in [0.3, 0.4) is 0 Å². The number of aliphatic hydroxyl groups is 2. The summed E-state index contributed by atoms with van der Waals surface area (Å²) in [7, 11) is 1.24. The monoisotopic (exact) mass is 273 g/mol. The number of quaternary nitrogens is 1. The van der Waals surface area contributed by atoms with Crippen molar-refractivity contribution in [1.29, 1.82) is 0 Å². The van der Waals surface area contributed by atoms with Crippen molar-refractivity contribution in [2.45, 2.75) is 12.3 Å². The van der Waals surface area contributed by atoms with Crippen molar-refractivity contribution in [2.75, 3.05) is 40.9 Å². The minimum absolute atomic E-state index is 0.316. The Balaban J connectivity index is 4.12. The molecule has 0 aliphatic carbocycles. The first-order chi connectivity index (χ1) is 7.56. The van der Waals surface area contributed by atoms with E-state index in [4.69, 9.17) is 15.9 Å². The molecule has 0 saturated heterocycles. The van der Waals surface area contributed by atoms with Gasteiger partial charge in [0.25, 0.3) is 0 Å². The summed E-state index contributed by atoms with van der Waals surface area (Å²) in [5.41, 5.74) is 5.52. The molecule has 0 amide bonds. The summed E-state index contributed by atoms with van der Waals surface area (Å²) >= 11 is 0. The summed E-state index contributed by atoms with van der Waals surface area (Å²) in [6, 6.07) is 0. The number of hydrogen-bond acceptors (Lipinski definition) is 6. The molecular formula is C8H22N2O6P+. The lowest BCUT2D eigenvalue weighted by Crippen LogP contribution is -2.45. The molecule has 0 aromatic carbocycles. The van der Waals surface area contributed by atoms with Crippen molar-refractivity contribution < 1.29 is 33.2 Å². The maximum atomic E-state index is 11.4. The Bertz CT molecular complexity index is 269. The summed E-state index contributed by atoms with van der Waals surface area (Å²) < 4.78 is 20.9. The van der Waals surface area contributed by atoms with Gasteiger partial charge in [-0.05, 0) is 0 Å². The van der Waals surface area contributed by atoms with Crippen LogP contribution in [0.15, 0.2) is 0 Å². The third-order valence-corrected chi connectivity index (χ3v) is 2.65. The van der Waals surface area contributed by atoms with Crippen LogP contribution in [-0.4, -0.2) is 72.8 Å². The number of hydrogen-bond donors (Lipinski definition) is 4. The highest BCUT2D eigenvalue weighted by molar-refractivity contribution is 7.47. The number of nitrogens with zero attached hydrogens (tertiary/aromatic N) is 1. The van der Waals surface area contributed by atoms with Gasteiger partial charge in [0.15, 0.2) is 6.23 Å². The minimum atomic E-state index is -4.31. The van der Waals surface area contributed by atoms with Gasteiger partial charge in [0.05, 0.1) is 34.4 Å². The SMILES string of the molecule is C[N+](C)(C)CC(N)OP(=O)(O)OC[C@H](O)CO. The molecule has 0 bridgehead atoms. The molecule has 0 aromatic rings. The molecule has 0 aromatic heterocycles. The molecule has 8 nitrogen and oxygen atoms in total. The Kier molecular flexibility index (Phi) is 6.75. The predicted molar refractivity (Wildman–Crippen MR) is 60.8 cm³/mol. The van der Waals surface area contributed by atoms with Gasteiger partial charge in [-0.15, -0.1) is 0 Å². The lowest BCUT2D eigenvalue weighted by atomic mass is 10.4. The second-order valence-electron chi connectivity index (χ2n) is 4.72. The number of aliphatic hydroxyl groups excluding tert-OH is 2. The number of phosphoric ester groups is 1. The third kappa shape index (κ3) is 9.63. The highest BCUT2D eigenvalue weighted by atomic mass is 31.2. The van der Waals surface area contributed by atoms with Crippen LogP contribution in [0, 0.1) is 0 Å². The normalized spacial score (nSPS) is 19.7. The van der Waals surface area contributed by atoms with Crippen molar-refractivity contribution in [2.24, 2.45) is 5.73 Å². The maximum Gasteiger partial charge on any atom is 0.474 e. The Morgan fingerprint density at radius 1 is 1.41 bits per heavy atom. The molecule has 17 heavy (non-hydrogen) atoms. The fourth-order valence-corrected chi connectivity index (χ4v) is 1.84. The number of likely N-dealkylation sites (N-methyl/N-ethyl adjacent to an activating group) is 1. The largest absolute Gasteiger partial charge is 0.474 e. The summed E-state index contributed by atoms with van der Waals surface area (Å²) in [6.07, 6.45) is -2.19. The summed E-state index contributed by atoms with van der Waals surface area (Å²) in [4.78, 5) is 9.26. The van der Waals surface area contributed by atoms with Crippen molar-refractivity contribution in [3.63, 3.8) is 0 Å². The smallest absolute Gasteiger partial charge is 0.394 e. The zero-order valence-corrected chi connectivity index (χ0v) is 11.2. The molecule has 3 atom stereocenters. The molecule has 0 aliphatic rings. The second kappa shape index (κ2) is 6.77. The van der Waals surface area contributed by atoms with Crippen molar-refractivity contribution in [3.05, 3.63) is 0 Å². The van der Waals surface area contributed by atoms with Gasteiger partial charge in [-0.1, -0.05) is 0 Å². The quantitative estimate of drug-likeness (QED) is 0.240. The van der Waals surface area contributed by atoms with Gasteiger partial charge in [-0.25, -0.2) is 4.57 Å². The molecule has 9 heteroatoms. The van der Waals surface area contributed by atoms with Crippen LogP contribution in [0.1, 0.15) is 0 Å². The topological polar surface area (TPSA) is 122 Å². The molecule has 0 spiro atoms. The molecule has 0 aliphatic heterocycles. The standard InChI is InChI=1S/C8H21N2O6P/c1-10(2,3)4-8(9)16-17(13,14)15-6-7(12)5-11/h7-8,11-12H,4-6,9H2,1-3H3/p+1/t7-,8?/m1/s1. The average molecular weight is 273 g/mol. The molecule has 5 N–H and O–H groups in total. The van der Waals surface area contributed by atoms with Crippen molar-refractivity contribution >= 4 is 7.82 Å². The Labute approximate surface area is 101 Å². The molecule has 2 unspecified atom stereocenters. The molecule has 0 rings (SSSR count). The summed E-state index contributed by atoms with van der Waals surface area (Å²) in [5, 5.41) is 17.4. The molecule has 0 heterocycles. The summed E-state index contributed by atoms with van der Waals surface area (Å²) in [6.45, 7) is -0.747. The van der Waals surface area contributed by atoms with E-state index in [1.807, 2.05) is 21.1 Å². The van der Waals surface area contributed by atoms with E-state index in [9.17, 15) is 9.46 Å². The Morgan fingerprint density at radius 3 is 2.35 bits per heavy atom. The van der Waals surface area contributed by atoms with E-state index < -0.39 is 33.4 Å². The molecule has 0 fully saturated rings. The van der Waals surface area contributed by atoms with Crippen molar-refractivity contribution in [1.82, 2.24) is 0 Å². The van der Waals surface area contributed by atoms with E-state index >= 15 is 0 Å². The van der Waals surface area contributed by atoms with Crippen molar-refractivity contribution in [3.8, 4) is 0 Å². The van der Waals surface area contributed by atoms with E-state index in [0.717, 1.165) is 0 Å². The fourth-order valence-electron chi connectivity index (χ4n) is 1.01. The van der Waals surface area contributed by atoms with Crippen LogP contribution >= 0.6 is 7.82 Å². The maximum absolute atomic E-state index is 11.4. The van der Waals surface area contributed by atoms with Gasteiger partial charge in [0.1, 0.15) is 12.6 Å². The minimum Gasteiger partial charge on any atom is -0.394 e. The van der Waals surface area contributed by atoms with Crippen LogP contribution in [0.5, 0.6) is 0 Å². The second-order valence-corrected chi connectivity index (χ2v) is 6.12. The molecule has 0 saturated carbocycles. The van der Waals surface area contributed by atoms with Gasteiger partial charge in [0, 0.05) is 0 Å². The van der Waals surface area contributed by atoms with Gasteiger partial charge < -0.3 is 25.3 Å². The van der Waals surface area contributed by atoms with Gasteiger partial charge in [-0.2, -0.15) is 0 Å². The summed E-state index contributed by atoms with van der Waals surface area (Å²) in [5.74, 6) is 0. The zero-order valence-electron chi connectivity index (χ0n) is 10.3. The van der Waals surface area contributed by atoms with Gasteiger partial charge in [-0.3, -0.25) is 9.05 Å². The highest BCUT2D eigenvalue weighted by Gasteiger charge is 2.28. The van der Waals surface area contributed by atoms with E-state index in [2.05, 4.69) is 9.05 Å². The average Bonchev–Trinajstić information content (AvgIpc) is 2.10. The zero-order chi connectivity index (χ0) is 13.7. The van der Waals surface area contributed by atoms with Gasteiger partial charge >= 0.3 is 7.82 Å². The first-order valence-corrected chi connectivity index (χ1v) is 6.56. The Hall–Kier alpha value is -0.0500. The van der Waals surface area contributed by atoms with E-state index in [1.54, 1.807) is 0 Å². The molecular weight excluding hydrogens is 251 g/mol. The Morgan fingerprint density at radius 2 is 1.94 bits per heavy atom. The lowest BCUT2D eigenvalue weighted by Gasteiger charge is -2.27. The van der Waals surface area contributed by atoms with Crippen LogP contribution in [0.25, 0.3) is 0 Å². The first-order valence-electron chi connectivity index (χ1n) is 5.06. The first kappa shape index (κ1) is 16.9. The predicted octanol–water partition coefficient (Wildman–Crippen LogP) is -1.54. The van der Waals surface area contributed by atoms with Crippen LogP contribution in [0.4, 0.5) is 0 Å². The molecule has 104 valence electrons. The third-order valence-electron chi connectivity index (χ3n) is 1.64.